The summed E-state index contributed by atoms with van der Waals surface area (Å²) >= 11 is 3.60. The van der Waals surface area contributed by atoms with Crippen molar-refractivity contribution in [3.63, 3.8) is 0 Å². The average molecular weight is 342 g/mol. The van der Waals surface area contributed by atoms with Gasteiger partial charge in [0, 0.05) is 12.6 Å². The molecule has 1 heterocycles. The van der Waals surface area contributed by atoms with Crippen LogP contribution in [-0.4, -0.2) is 25.9 Å². The molecule has 1 aliphatic rings. The first kappa shape index (κ1) is 15.8. The van der Waals surface area contributed by atoms with E-state index in [2.05, 4.69) is 47.2 Å². The highest BCUT2D eigenvalue weighted by Gasteiger charge is 2.15. The molecule has 1 aromatic rings. The average Bonchev–Trinajstić information content (AvgIpc) is 2.47. The van der Waals surface area contributed by atoms with Crippen LogP contribution in [0.1, 0.15) is 44.7 Å². The van der Waals surface area contributed by atoms with Gasteiger partial charge in [0.15, 0.2) is 0 Å². The molecule has 2 rings (SSSR count). The number of rotatable bonds is 6. The lowest BCUT2D eigenvalue weighted by molar-refractivity contribution is -0.0112. The van der Waals surface area contributed by atoms with Crippen molar-refractivity contribution in [1.82, 2.24) is 5.32 Å². The van der Waals surface area contributed by atoms with E-state index in [1.165, 1.54) is 18.4 Å². The summed E-state index contributed by atoms with van der Waals surface area (Å²) < 4.78 is 12.6. The second kappa shape index (κ2) is 8.01. The molecule has 0 aromatic heterocycles. The third-order valence-electron chi connectivity index (χ3n) is 3.66. The topological polar surface area (TPSA) is 30.5 Å². The van der Waals surface area contributed by atoms with Crippen molar-refractivity contribution in [2.45, 2.75) is 45.3 Å². The zero-order valence-corrected chi connectivity index (χ0v) is 13.9. The molecule has 0 saturated carbocycles. The SMILES string of the molecule is CCNC(C)c1ccc(OCC2CCCCO2)c(Br)c1. The highest BCUT2D eigenvalue weighted by molar-refractivity contribution is 9.10. The van der Waals surface area contributed by atoms with Crippen LogP contribution in [0, 0.1) is 0 Å². The lowest BCUT2D eigenvalue weighted by Gasteiger charge is -2.23. The Kier molecular flexibility index (Phi) is 6.33. The van der Waals surface area contributed by atoms with Crippen molar-refractivity contribution in [3.8, 4) is 5.75 Å². The molecule has 0 bridgehead atoms. The molecule has 4 heteroatoms. The van der Waals surface area contributed by atoms with Gasteiger partial charge in [0.2, 0.25) is 0 Å². The third-order valence-corrected chi connectivity index (χ3v) is 4.28. The maximum atomic E-state index is 5.88. The van der Waals surface area contributed by atoms with E-state index in [1.807, 2.05) is 6.07 Å². The molecule has 0 radical (unpaired) electrons. The Morgan fingerprint density at radius 2 is 2.30 bits per heavy atom. The lowest BCUT2D eigenvalue weighted by atomic mass is 10.1. The number of ether oxygens (including phenoxy) is 2. The van der Waals surface area contributed by atoms with Gasteiger partial charge in [0.05, 0.1) is 10.6 Å². The maximum absolute atomic E-state index is 5.88. The molecule has 2 unspecified atom stereocenters. The molecular formula is C16H24BrNO2. The Morgan fingerprint density at radius 3 is 2.95 bits per heavy atom. The number of benzene rings is 1. The van der Waals surface area contributed by atoms with Crippen LogP contribution in [0.2, 0.25) is 0 Å². The van der Waals surface area contributed by atoms with Gasteiger partial charge in [0.1, 0.15) is 12.4 Å². The standard InChI is InChI=1S/C16H24BrNO2/c1-3-18-12(2)13-7-8-16(15(17)10-13)20-11-14-6-4-5-9-19-14/h7-8,10,12,14,18H,3-6,9,11H2,1-2H3. The first-order chi connectivity index (χ1) is 9.70. The molecule has 1 N–H and O–H groups in total. The van der Waals surface area contributed by atoms with Crippen LogP contribution in [0.4, 0.5) is 0 Å². The second-order valence-electron chi connectivity index (χ2n) is 5.27. The van der Waals surface area contributed by atoms with Crippen molar-refractivity contribution in [1.29, 1.82) is 0 Å². The Morgan fingerprint density at radius 1 is 1.45 bits per heavy atom. The molecule has 3 nitrogen and oxygen atoms in total. The van der Waals surface area contributed by atoms with Crippen LogP contribution < -0.4 is 10.1 Å². The zero-order chi connectivity index (χ0) is 14.4. The smallest absolute Gasteiger partial charge is 0.133 e. The molecule has 1 fully saturated rings. The van der Waals surface area contributed by atoms with Gasteiger partial charge >= 0.3 is 0 Å². The summed E-state index contributed by atoms with van der Waals surface area (Å²) in [5, 5.41) is 3.41. The van der Waals surface area contributed by atoms with Crippen LogP contribution in [0.25, 0.3) is 0 Å². The molecule has 0 aliphatic carbocycles. The van der Waals surface area contributed by atoms with Crippen molar-refractivity contribution in [3.05, 3.63) is 28.2 Å². The fourth-order valence-corrected chi connectivity index (χ4v) is 2.96. The van der Waals surface area contributed by atoms with E-state index in [0.29, 0.717) is 12.6 Å². The van der Waals surface area contributed by atoms with Crippen molar-refractivity contribution < 1.29 is 9.47 Å². The molecule has 2 atom stereocenters. The van der Waals surface area contributed by atoms with E-state index in [9.17, 15) is 0 Å². The van der Waals surface area contributed by atoms with Crippen LogP contribution in [0.3, 0.4) is 0 Å². The van der Waals surface area contributed by atoms with Crippen molar-refractivity contribution >= 4 is 15.9 Å². The van der Waals surface area contributed by atoms with Crippen molar-refractivity contribution in [2.75, 3.05) is 19.8 Å². The van der Waals surface area contributed by atoms with E-state index in [-0.39, 0.29) is 6.10 Å². The van der Waals surface area contributed by atoms with Crippen LogP contribution in [0.15, 0.2) is 22.7 Å². The summed E-state index contributed by atoms with van der Waals surface area (Å²) in [4.78, 5) is 0. The van der Waals surface area contributed by atoms with E-state index in [4.69, 9.17) is 9.47 Å². The summed E-state index contributed by atoms with van der Waals surface area (Å²) in [6, 6.07) is 6.64. The number of halogens is 1. The summed E-state index contributed by atoms with van der Waals surface area (Å²) in [6.07, 6.45) is 3.77. The fraction of sp³-hybridized carbons (Fsp3) is 0.625. The maximum Gasteiger partial charge on any atom is 0.133 e. The molecule has 112 valence electrons. The van der Waals surface area contributed by atoms with E-state index in [1.54, 1.807) is 0 Å². The summed E-state index contributed by atoms with van der Waals surface area (Å²) in [5.41, 5.74) is 1.26. The molecular weight excluding hydrogens is 318 g/mol. The van der Waals surface area contributed by atoms with Gasteiger partial charge in [-0.2, -0.15) is 0 Å². The number of nitrogens with one attached hydrogen (secondary N) is 1. The van der Waals surface area contributed by atoms with E-state index < -0.39 is 0 Å². The van der Waals surface area contributed by atoms with Gasteiger partial charge in [-0.05, 0) is 66.4 Å². The second-order valence-corrected chi connectivity index (χ2v) is 6.12. The molecule has 1 saturated heterocycles. The predicted octanol–water partition coefficient (Wildman–Crippen LogP) is 4.07. The molecule has 1 aromatic carbocycles. The molecule has 20 heavy (non-hydrogen) atoms. The van der Waals surface area contributed by atoms with E-state index in [0.717, 1.165) is 29.8 Å². The van der Waals surface area contributed by atoms with E-state index >= 15 is 0 Å². The quantitative estimate of drug-likeness (QED) is 0.845. The summed E-state index contributed by atoms with van der Waals surface area (Å²) in [7, 11) is 0. The molecule has 0 amide bonds. The van der Waals surface area contributed by atoms with Crippen LogP contribution in [0.5, 0.6) is 5.75 Å². The van der Waals surface area contributed by atoms with Crippen LogP contribution >= 0.6 is 15.9 Å². The highest BCUT2D eigenvalue weighted by atomic mass is 79.9. The Hall–Kier alpha value is -0.580. The summed E-state index contributed by atoms with van der Waals surface area (Å²) in [6.45, 7) is 6.76. The Labute approximate surface area is 130 Å². The van der Waals surface area contributed by atoms with Crippen LogP contribution in [-0.2, 0) is 4.74 Å². The third kappa shape index (κ3) is 4.47. The van der Waals surface area contributed by atoms with Crippen molar-refractivity contribution in [2.24, 2.45) is 0 Å². The Bertz CT molecular complexity index is 419. The molecule has 1 aliphatic heterocycles. The minimum atomic E-state index is 0.246. The van der Waals surface area contributed by atoms with Gasteiger partial charge in [-0.3, -0.25) is 0 Å². The van der Waals surface area contributed by atoms with Gasteiger partial charge < -0.3 is 14.8 Å². The zero-order valence-electron chi connectivity index (χ0n) is 12.3. The summed E-state index contributed by atoms with van der Waals surface area (Å²) in [5.74, 6) is 0.895. The number of hydrogen-bond acceptors (Lipinski definition) is 3. The predicted molar refractivity (Wildman–Crippen MR) is 85.3 cm³/mol. The lowest BCUT2D eigenvalue weighted by Crippen LogP contribution is -2.25. The van der Waals surface area contributed by atoms with Gasteiger partial charge in [-0.25, -0.2) is 0 Å². The fourth-order valence-electron chi connectivity index (χ4n) is 2.45. The first-order valence-electron chi connectivity index (χ1n) is 7.48. The minimum absolute atomic E-state index is 0.246. The first-order valence-corrected chi connectivity index (χ1v) is 8.27. The van der Waals surface area contributed by atoms with Gasteiger partial charge in [-0.15, -0.1) is 0 Å². The van der Waals surface area contributed by atoms with Gasteiger partial charge in [-0.1, -0.05) is 13.0 Å². The number of hydrogen-bond donors (Lipinski definition) is 1. The molecule has 0 spiro atoms. The Balaban J connectivity index is 1.91. The highest BCUT2D eigenvalue weighted by Crippen LogP contribution is 2.29. The minimum Gasteiger partial charge on any atom is -0.490 e. The normalized spacial score (nSPS) is 20.6. The van der Waals surface area contributed by atoms with Gasteiger partial charge in [0.25, 0.3) is 0 Å². The monoisotopic (exact) mass is 341 g/mol. The largest absolute Gasteiger partial charge is 0.490 e.